The average molecular weight is 224 g/mol. The Labute approximate surface area is 101 Å². The van der Waals surface area contributed by atoms with Crippen molar-refractivity contribution in [1.29, 1.82) is 0 Å². The van der Waals surface area contributed by atoms with Gasteiger partial charge in [-0.05, 0) is 59.2 Å². The maximum absolute atomic E-state index is 3.36. The Balaban J connectivity index is 1.99. The largest absolute Gasteiger partial charge is 0.319 e. The Bertz CT molecular complexity index is 219. The molecule has 0 amide bonds. The normalized spacial score (nSPS) is 32.1. The van der Waals surface area contributed by atoms with Gasteiger partial charge < -0.3 is 5.32 Å². The molecule has 2 fully saturated rings. The maximum atomic E-state index is 3.36. The Morgan fingerprint density at radius 2 is 1.81 bits per heavy atom. The van der Waals surface area contributed by atoms with E-state index < -0.39 is 0 Å². The van der Waals surface area contributed by atoms with Gasteiger partial charge in [-0.1, -0.05) is 19.3 Å². The zero-order valence-electron chi connectivity index (χ0n) is 11.3. The molecule has 1 atom stereocenters. The summed E-state index contributed by atoms with van der Waals surface area (Å²) in [6, 6.07) is 0.880. The third kappa shape index (κ3) is 2.28. The summed E-state index contributed by atoms with van der Waals surface area (Å²) in [6.45, 7) is 7.41. The second-order valence-electron chi connectivity index (χ2n) is 6.18. The van der Waals surface area contributed by atoms with E-state index in [2.05, 4.69) is 31.1 Å². The van der Waals surface area contributed by atoms with Gasteiger partial charge >= 0.3 is 0 Å². The Morgan fingerprint density at radius 1 is 1.12 bits per heavy atom. The highest BCUT2D eigenvalue weighted by molar-refractivity contribution is 4.99. The molecule has 2 nitrogen and oxygen atoms in total. The molecule has 0 aromatic heterocycles. The van der Waals surface area contributed by atoms with E-state index in [4.69, 9.17) is 0 Å². The SMILES string of the molecule is CNCC1CCN(C2CCCCC2)C1(C)C. The van der Waals surface area contributed by atoms with Crippen molar-refractivity contribution in [3.8, 4) is 0 Å². The van der Waals surface area contributed by atoms with Crippen LogP contribution in [-0.4, -0.2) is 36.6 Å². The van der Waals surface area contributed by atoms with Gasteiger partial charge in [-0.2, -0.15) is 0 Å². The number of hydrogen-bond acceptors (Lipinski definition) is 2. The van der Waals surface area contributed by atoms with E-state index in [1.165, 1.54) is 51.6 Å². The zero-order chi connectivity index (χ0) is 11.6. The topological polar surface area (TPSA) is 15.3 Å². The highest BCUT2D eigenvalue weighted by atomic mass is 15.2. The zero-order valence-corrected chi connectivity index (χ0v) is 11.3. The lowest BCUT2D eigenvalue weighted by atomic mass is 9.85. The van der Waals surface area contributed by atoms with Crippen LogP contribution < -0.4 is 5.32 Å². The molecule has 2 rings (SSSR count). The van der Waals surface area contributed by atoms with Gasteiger partial charge in [0.15, 0.2) is 0 Å². The van der Waals surface area contributed by atoms with Crippen molar-refractivity contribution in [2.45, 2.75) is 64.0 Å². The van der Waals surface area contributed by atoms with Crippen molar-refractivity contribution in [3.63, 3.8) is 0 Å². The second-order valence-corrected chi connectivity index (χ2v) is 6.18. The van der Waals surface area contributed by atoms with Crippen LogP contribution in [0, 0.1) is 5.92 Å². The van der Waals surface area contributed by atoms with Gasteiger partial charge in [0.25, 0.3) is 0 Å². The lowest BCUT2D eigenvalue weighted by Crippen LogP contribution is -2.50. The van der Waals surface area contributed by atoms with E-state index in [9.17, 15) is 0 Å². The van der Waals surface area contributed by atoms with Crippen LogP contribution in [0.4, 0.5) is 0 Å². The van der Waals surface area contributed by atoms with Crippen molar-refractivity contribution < 1.29 is 0 Å². The van der Waals surface area contributed by atoms with Crippen LogP contribution in [0.1, 0.15) is 52.4 Å². The minimum Gasteiger partial charge on any atom is -0.319 e. The van der Waals surface area contributed by atoms with E-state index in [0.29, 0.717) is 5.54 Å². The molecule has 0 radical (unpaired) electrons. The monoisotopic (exact) mass is 224 g/mol. The average Bonchev–Trinajstić information content (AvgIpc) is 2.57. The number of hydrogen-bond donors (Lipinski definition) is 1. The molecule has 1 aliphatic carbocycles. The molecule has 0 bridgehead atoms. The van der Waals surface area contributed by atoms with Gasteiger partial charge in [-0.25, -0.2) is 0 Å². The molecule has 1 N–H and O–H groups in total. The van der Waals surface area contributed by atoms with Gasteiger partial charge in [0.05, 0.1) is 0 Å². The van der Waals surface area contributed by atoms with Crippen LogP contribution in [0.15, 0.2) is 0 Å². The first-order valence-corrected chi connectivity index (χ1v) is 7.07. The van der Waals surface area contributed by atoms with Crippen molar-refractivity contribution in [3.05, 3.63) is 0 Å². The van der Waals surface area contributed by atoms with Crippen molar-refractivity contribution in [1.82, 2.24) is 10.2 Å². The molecular formula is C14H28N2. The van der Waals surface area contributed by atoms with Crippen LogP contribution in [0.25, 0.3) is 0 Å². The standard InChI is InChI=1S/C14H28N2/c1-14(2)12(11-15-3)9-10-16(14)13-7-5-4-6-8-13/h12-13,15H,4-11H2,1-3H3. The Hall–Kier alpha value is -0.0800. The highest BCUT2D eigenvalue weighted by Crippen LogP contribution is 2.39. The van der Waals surface area contributed by atoms with E-state index in [1.807, 2.05) is 0 Å². The summed E-state index contributed by atoms with van der Waals surface area (Å²) in [4.78, 5) is 2.81. The molecular weight excluding hydrogens is 196 g/mol. The Kier molecular flexibility index (Phi) is 3.91. The van der Waals surface area contributed by atoms with E-state index in [0.717, 1.165) is 12.0 Å². The van der Waals surface area contributed by atoms with Gasteiger partial charge in [0.2, 0.25) is 0 Å². The third-order valence-corrected chi connectivity index (χ3v) is 4.92. The van der Waals surface area contributed by atoms with Crippen LogP contribution in [0.5, 0.6) is 0 Å². The molecule has 0 aromatic rings. The number of likely N-dealkylation sites (tertiary alicyclic amines) is 1. The molecule has 0 aromatic carbocycles. The molecule has 1 saturated carbocycles. The van der Waals surface area contributed by atoms with Crippen LogP contribution in [0.2, 0.25) is 0 Å². The van der Waals surface area contributed by atoms with E-state index in [1.54, 1.807) is 0 Å². The summed E-state index contributed by atoms with van der Waals surface area (Å²) >= 11 is 0. The van der Waals surface area contributed by atoms with Gasteiger partial charge in [0.1, 0.15) is 0 Å². The van der Waals surface area contributed by atoms with Gasteiger partial charge in [-0.3, -0.25) is 4.90 Å². The highest BCUT2D eigenvalue weighted by Gasteiger charge is 2.43. The third-order valence-electron chi connectivity index (χ3n) is 4.92. The first-order valence-electron chi connectivity index (χ1n) is 7.07. The summed E-state index contributed by atoms with van der Waals surface area (Å²) in [5.74, 6) is 0.833. The molecule has 1 heterocycles. The van der Waals surface area contributed by atoms with Crippen LogP contribution >= 0.6 is 0 Å². The summed E-state index contributed by atoms with van der Waals surface area (Å²) in [7, 11) is 2.08. The summed E-state index contributed by atoms with van der Waals surface area (Å²) in [5.41, 5.74) is 0.408. The molecule has 2 heteroatoms. The molecule has 1 unspecified atom stereocenters. The van der Waals surface area contributed by atoms with Crippen LogP contribution in [-0.2, 0) is 0 Å². The summed E-state index contributed by atoms with van der Waals surface area (Å²) in [5, 5.41) is 3.36. The van der Waals surface area contributed by atoms with Gasteiger partial charge in [0, 0.05) is 11.6 Å². The fourth-order valence-corrected chi connectivity index (χ4v) is 3.81. The van der Waals surface area contributed by atoms with Crippen molar-refractivity contribution >= 4 is 0 Å². The first kappa shape index (κ1) is 12.4. The Morgan fingerprint density at radius 3 is 2.44 bits per heavy atom. The maximum Gasteiger partial charge on any atom is 0.0196 e. The number of nitrogens with zero attached hydrogens (tertiary/aromatic N) is 1. The number of nitrogens with one attached hydrogen (secondary N) is 1. The molecule has 16 heavy (non-hydrogen) atoms. The lowest BCUT2D eigenvalue weighted by molar-refractivity contribution is 0.0679. The smallest absolute Gasteiger partial charge is 0.0196 e. The fraction of sp³-hybridized carbons (Fsp3) is 1.00. The van der Waals surface area contributed by atoms with Gasteiger partial charge in [-0.15, -0.1) is 0 Å². The summed E-state index contributed by atoms with van der Waals surface area (Å²) in [6.07, 6.45) is 8.63. The van der Waals surface area contributed by atoms with E-state index in [-0.39, 0.29) is 0 Å². The quantitative estimate of drug-likeness (QED) is 0.793. The molecule has 1 aliphatic heterocycles. The molecule has 1 saturated heterocycles. The fourth-order valence-electron chi connectivity index (χ4n) is 3.81. The minimum absolute atomic E-state index is 0.408. The minimum atomic E-state index is 0.408. The molecule has 2 aliphatic rings. The molecule has 0 spiro atoms. The van der Waals surface area contributed by atoms with Crippen molar-refractivity contribution in [2.24, 2.45) is 5.92 Å². The lowest BCUT2D eigenvalue weighted by Gasteiger charge is -2.42. The number of rotatable bonds is 3. The van der Waals surface area contributed by atoms with Crippen LogP contribution in [0.3, 0.4) is 0 Å². The second kappa shape index (κ2) is 5.05. The predicted octanol–water partition coefficient (Wildman–Crippen LogP) is 2.64. The first-order chi connectivity index (χ1) is 7.66. The van der Waals surface area contributed by atoms with Crippen molar-refractivity contribution in [2.75, 3.05) is 20.1 Å². The molecule has 94 valence electrons. The summed E-state index contributed by atoms with van der Waals surface area (Å²) < 4.78 is 0. The van der Waals surface area contributed by atoms with E-state index >= 15 is 0 Å². The predicted molar refractivity (Wildman–Crippen MR) is 69.7 cm³/mol.